The molecule has 0 radical (unpaired) electrons. The third-order valence-corrected chi connectivity index (χ3v) is 5.83. The third-order valence-electron chi connectivity index (χ3n) is 5.83. The van der Waals surface area contributed by atoms with Gasteiger partial charge < -0.3 is 20.7 Å². The molecule has 0 aromatic carbocycles. The zero-order chi connectivity index (χ0) is 20.3. The lowest BCUT2D eigenvalue weighted by molar-refractivity contribution is -0.0394. The molecule has 8 nitrogen and oxygen atoms in total. The maximum Gasteiger partial charge on any atom is 0.255 e. The first-order valence-corrected chi connectivity index (χ1v) is 9.83. The number of aromatic amines is 1. The third kappa shape index (κ3) is 4.09. The number of hydrogen-bond donors (Lipinski definition) is 4. The molecule has 28 heavy (non-hydrogen) atoms. The first-order chi connectivity index (χ1) is 13.4. The predicted molar refractivity (Wildman–Crippen MR) is 107 cm³/mol. The van der Waals surface area contributed by atoms with Gasteiger partial charge in [-0.15, -0.1) is 0 Å². The Hall–Kier alpha value is -2.66. The highest BCUT2D eigenvalue weighted by Crippen LogP contribution is 2.40. The smallest absolute Gasteiger partial charge is 0.255 e. The number of nitrogens with zero attached hydrogens (tertiary/aromatic N) is 3. The molecule has 0 aliphatic heterocycles. The van der Waals surface area contributed by atoms with Gasteiger partial charge in [-0.3, -0.25) is 4.79 Å². The Morgan fingerprint density at radius 3 is 3.00 bits per heavy atom. The van der Waals surface area contributed by atoms with E-state index in [1.807, 2.05) is 13.0 Å². The van der Waals surface area contributed by atoms with E-state index < -0.39 is 5.60 Å². The fourth-order valence-corrected chi connectivity index (χ4v) is 4.34. The van der Waals surface area contributed by atoms with Gasteiger partial charge in [-0.25, -0.2) is 9.97 Å². The van der Waals surface area contributed by atoms with E-state index in [2.05, 4.69) is 39.4 Å². The zero-order valence-corrected chi connectivity index (χ0v) is 16.6. The topological polar surface area (TPSA) is 127 Å². The van der Waals surface area contributed by atoms with Gasteiger partial charge in [0.2, 0.25) is 0 Å². The van der Waals surface area contributed by atoms with Crippen LogP contribution in [0, 0.1) is 23.2 Å². The molecule has 4 atom stereocenters. The summed E-state index contributed by atoms with van der Waals surface area (Å²) in [5.41, 5.74) is 1.51. The number of imidazole rings is 1. The van der Waals surface area contributed by atoms with E-state index in [0.29, 0.717) is 28.3 Å². The molecular weight excluding hydrogens is 356 g/mol. The molecule has 1 fully saturated rings. The van der Waals surface area contributed by atoms with Crippen LogP contribution in [0.15, 0.2) is 12.5 Å². The number of nitrogens with one attached hydrogen (secondary N) is 3. The van der Waals surface area contributed by atoms with Crippen LogP contribution in [0.5, 0.6) is 0 Å². The van der Waals surface area contributed by atoms with Gasteiger partial charge in [-0.05, 0) is 44.4 Å². The minimum absolute atomic E-state index is 0.0330. The van der Waals surface area contributed by atoms with Crippen LogP contribution in [0.3, 0.4) is 0 Å². The van der Waals surface area contributed by atoms with Crippen molar-refractivity contribution < 1.29 is 9.90 Å². The van der Waals surface area contributed by atoms with Crippen molar-refractivity contribution in [2.45, 2.75) is 58.1 Å². The largest absolute Gasteiger partial charge is 0.390 e. The Morgan fingerprint density at radius 2 is 2.29 bits per heavy atom. The molecule has 2 heterocycles. The molecule has 4 N–H and O–H groups in total. The van der Waals surface area contributed by atoms with Crippen molar-refractivity contribution in [3.8, 4) is 6.07 Å². The van der Waals surface area contributed by atoms with E-state index in [1.54, 1.807) is 6.33 Å². The van der Waals surface area contributed by atoms with Crippen molar-refractivity contribution in [3.63, 3.8) is 0 Å². The fourth-order valence-electron chi connectivity index (χ4n) is 4.34. The first-order valence-electron chi connectivity index (χ1n) is 9.83. The Morgan fingerprint density at radius 1 is 1.50 bits per heavy atom. The van der Waals surface area contributed by atoms with Crippen LogP contribution in [0.25, 0.3) is 11.2 Å². The highest BCUT2D eigenvalue weighted by molar-refractivity contribution is 6.05. The van der Waals surface area contributed by atoms with Gasteiger partial charge in [0, 0.05) is 12.2 Å². The van der Waals surface area contributed by atoms with Gasteiger partial charge in [0.15, 0.2) is 5.65 Å². The van der Waals surface area contributed by atoms with E-state index >= 15 is 0 Å². The molecule has 0 spiro atoms. The summed E-state index contributed by atoms with van der Waals surface area (Å²) in [6, 6.07) is 1.94. The van der Waals surface area contributed by atoms with Crippen LogP contribution in [0.2, 0.25) is 0 Å². The van der Waals surface area contributed by atoms with Crippen molar-refractivity contribution in [3.05, 3.63) is 18.1 Å². The number of aliphatic hydroxyl groups is 1. The van der Waals surface area contributed by atoms with Gasteiger partial charge in [0.25, 0.3) is 5.91 Å². The lowest BCUT2D eigenvalue weighted by Crippen LogP contribution is -2.43. The SMILES string of the molecule is CC[C@]1(O)CC(C)C[C@H]([C@H](C)Nc2c(C(=O)NCC#N)cnc3[nH]cnc23)C1. The lowest BCUT2D eigenvalue weighted by atomic mass is 9.70. The summed E-state index contributed by atoms with van der Waals surface area (Å²) < 4.78 is 0. The fraction of sp³-hybridized carbons (Fsp3) is 0.600. The van der Waals surface area contributed by atoms with Crippen molar-refractivity contribution >= 4 is 22.8 Å². The van der Waals surface area contributed by atoms with Crippen molar-refractivity contribution in [1.29, 1.82) is 5.26 Å². The van der Waals surface area contributed by atoms with E-state index in [1.165, 1.54) is 6.20 Å². The first kappa shape index (κ1) is 20.1. The summed E-state index contributed by atoms with van der Waals surface area (Å²) in [5, 5.41) is 25.7. The molecule has 8 heteroatoms. The molecule has 0 bridgehead atoms. The normalized spacial score (nSPS) is 25.8. The number of nitriles is 1. The monoisotopic (exact) mass is 384 g/mol. The quantitative estimate of drug-likeness (QED) is 0.567. The minimum Gasteiger partial charge on any atom is -0.390 e. The molecule has 1 aliphatic rings. The summed E-state index contributed by atoms with van der Waals surface area (Å²) >= 11 is 0. The number of hydrogen-bond acceptors (Lipinski definition) is 6. The summed E-state index contributed by atoms with van der Waals surface area (Å²) in [6.07, 6.45) is 6.35. The van der Waals surface area contributed by atoms with Gasteiger partial charge in [0.1, 0.15) is 12.1 Å². The second-order valence-electron chi connectivity index (χ2n) is 8.01. The number of amides is 1. The molecule has 1 unspecified atom stereocenters. The average Bonchev–Trinajstić information content (AvgIpc) is 3.14. The zero-order valence-electron chi connectivity index (χ0n) is 16.6. The lowest BCUT2D eigenvalue weighted by Gasteiger charge is -2.42. The van der Waals surface area contributed by atoms with Gasteiger partial charge in [0.05, 0.1) is 29.2 Å². The molecule has 1 saturated carbocycles. The van der Waals surface area contributed by atoms with E-state index in [4.69, 9.17) is 5.26 Å². The van der Waals surface area contributed by atoms with Gasteiger partial charge in [-0.2, -0.15) is 5.26 Å². The minimum atomic E-state index is -0.634. The highest BCUT2D eigenvalue weighted by atomic mass is 16.3. The highest BCUT2D eigenvalue weighted by Gasteiger charge is 2.38. The van der Waals surface area contributed by atoms with Gasteiger partial charge in [-0.1, -0.05) is 13.8 Å². The molecule has 2 aromatic rings. The maximum atomic E-state index is 12.5. The molecular formula is C20H28N6O2. The number of fused-ring (bicyclic) bond motifs is 1. The van der Waals surface area contributed by atoms with Crippen LogP contribution < -0.4 is 10.6 Å². The molecule has 3 rings (SSSR count). The summed E-state index contributed by atoms with van der Waals surface area (Å²) in [7, 11) is 0. The average molecular weight is 384 g/mol. The predicted octanol–water partition coefficient (Wildman–Crippen LogP) is 2.59. The van der Waals surface area contributed by atoms with Crippen molar-refractivity contribution in [2.24, 2.45) is 11.8 Å². The Labute approximate surface area is 164 Å². The molecule has 150 valence electrons. The van der Waals surface area contributed by atoms with Crippen LogP contribution in [0.4, 0.5) is 5.69 Å². The summed E-state index contributed by atoms with van der Waals surface area (Å²) in [5.74, 6) is 0.343. The van der Waals surface area contributed by atoms with E-state index in [-0.39, 0.29) is 24.4 Å². The summed E-state index contributed by atoms with van der Waals surface area (Å²) in [4.78, 5) is 24.1. The maximum absolute atomic E-state index is 12.5. The number of H-pyrrole nitrogens is 1. The van der Waals surface area contributed by atoms with Crippen molar-refractivity contribution in [1.82, 2.24) is 20.3 Å². The number of carbonyl (C=O) groups excluding carboxylic acids is 1. The number of carbonyl (C=O) groups is 1. The Bertz CT molecular complexity index is 888. The Balaban J connectivity index is 1.89. The van der Waals surface area contributed by atoms with Crippen LogP contribution in [0.1, 0.15) is 56.8 Å². The van der Waals surface area contributed by atoms with Crippen molar-refractivity contribution in [2.75, 3.05) is 11.9 Å². The second-order valence-corrected chi connectivity index (χ2v) is 8.01. The van der Waals surface area contributed by atoms with Crippen LogP contribution >= 0.6 is 0 Å². The van der Waals surface area contributed by atoms with Crippen LogP contribution in [-0.4, -0.2) is 44.2 Å². The van der Waals surface area contributed by atoms with Gasteiger partial charge >= 0.3 is 0 Å². The number of aromatic nitrogens is 3. The number of rotatable bonds is 6. The molecule has 0 saturated heterocycles. The van der Waals surface area contributed by atoms with E-state index in [9.17, 15) is 9.90 Å². The Kier molecular flexibility index (Phi) is 5.84. The standard InChI is InChI=1S/C20H28N6O2/c1-4-20(28)8-12(2)7-14(9-20)13(3)26-16-15(19(27)22-6-5-21)10-23-18-17(16)24-11-25-18/h10-14,28H,4,6-9H2,1-3H3,(H,22,27)(H2,23,24,25,26)/t12?,13-,14-,20-/m0/s1. The molecule has 2 aromatic heterocycles. The second kappa shape index (κ2) is 8.15. The molecule has 1 amide bonds. The number of pyridine rings is 1. The van der Waals surface area contributed by atoms with E-state index in [0.717, 1.165) is 25.7 Å². The number of anilines is 1. The molecule has 1 aliphatic carbocycles. The summed E-state index contributed by atoms with van der Waals surface area (Å²) in [6.45, 7) is 6.21. The van der Waals surface area contributed by atoms with Crippen LogP contribution in [-0.2, 0) is 0 Å².